The predicted octanol–water partition coefficient (Wildman–Crippen LogP) is 3.84. The normalized spacial score (nSPS) is 16.1. The van der Waals surface area contributed by atoms with E-state index >= 15 is 0 Å². The Labute approximate surface area is 184 Å². The lowest BCUT2D eigenvalue weighted by Gasteiger charge is -2.26. The second-order valence-corrected chi connectivity index (χ2v) is 8.45. The van der Waals surface area contributed by atoms with Crippen LogP contribution in [0.25, 0.3) is 11.1 Å². The summed E-state index contributed by atoms with van der Waals surface area (Å²) in [7, 11) is 1.34. The lowest BCUT2D eigenvalue weighted by molar-refractivity contribution is 0.0508. The molecule has 8 nitrogen and oxygen atoms in total. The Hall–Kier alpha value is -3.43. The molecule has 10 heteroatoms. The number of carbonyl (C=O) groups is 2. The fraction of sp³-hybridized carbons (Fsp3) is 0.409. The number of aromatic carboxylic acids is 1. The molecule has 3 rings (SSSR count). The molecule has 1 atom stereocenters. The van der Waals surface area contributed by atoms with Crippen LogP contribution in [0.3, 0.4) is 0 Å². The van der Waals surface area contributed by atoms with Crippen LogP contribution in [0.5, 0.6) is 5.88 Å². The summed E-state index contributed by atoms with van der Waals surface area (Å²) < 4.78 is 38.5. The maximum absolute atomic E-state index is 14.0. The molecule has 1 amide bonds. The van der Waals surface area contributed by atoms with Gasteiger partial charge in [0.15, 0.2) is 0 Å². The standard InChI is InChI=1S/C22H25F2N3O5/c1-22(2,3)32-21(30)26-15-5-6-27(11-15)18-16(20(28)29)10-25-19(31-4)17(18)12-7-13(23)9-14(24)8-12/h7-10,15H,5-6,11H2,1-4H3,(H,26,30)(H,28,29). The SMILES string of the molecule is COc1ncc(C(=O)O)c(N2CCC(NC(=O)OC(C)(C)C)C2)c1-c1cc(F)cc(F)c1. The maximum atomic E-state index is 14.0. The summed E-state index contributed by atoms with van der Waals surface area (Å²) in [6.07, 6.45) is 1.08. The van der Waals surface area contributed by atoms with Crippen molar-refractivity contribution >= 4 is 17.7 Å². The number of carboxylic acid groups (broad SMARTS) is 1. The van der Waals surface area contributed by atoms with Crippen molar-refractivity contribution in [1.29, 1.82) is 0 Å². The van der Waals surface area contributed by atoms with E-state index in [-0.39, 0.29) is 40.8 Å². The fourth-order valence-electron chi connectivity index (χ4n) is 3.64. The molecule has 0 radical (unpaired) electrons. The van der Waals surface area contributed by atoms with Crippen molar-refractivity contribution in [3.05, 3.63) is 41.6 Å². The van der Waals surface area contributed by atoms with Crippen LogP contribution in [-0.4, -0.2) is 54.0 Å². The number of hydrogen-bond acceptors (Lipinski definition) is 6. The second kappa shape index (κ2) is 8.97. The molecule has 2 N–H and O–H groups in total. The summed E-state index contributed by atoms with van der Waals surface area (Å²) in [5.74, 6) is -2.87. The molecule has 0 bridgehead atoms. The first kappa shape index (κ1) is 23.2. The van der Waals surface area contributed by atoms with Gasteiger partial charge in [-0.1, -0.05) is 0 Å². The molecule has 1 aromatic carbocycles. The van der Waals surface area contributed by atoms with Crippen LogP contribution < -0.4 is 15.0 Å². The van der Waals surface area contributed by atoms with Crippen LogP contribution in [0.4, 0.5) is 19.3 Å². The van der Waals surface area contributed by atoms with Gasteiger partial charge in [-0.15, -0.1) is 0 Å². The van der Waals surface area contributed by atoms with Crippen molar-refractivity contribution in [3.8, 4) is 17.0 Å². The number of hydrogen-bond donors (Lipinski definition) is 2. The van der Waals surface area contributed by atoms with Crippen LogP contribution in [0.2, 0.25) is 0 Å². The van der Waals surface area contributed by atoms with Gasteiger partial charge in [0.1, 0.15) is 22.8 Å². The lowest BCUT2D eigenvalue weighted by Crippen LogP contribution is -2.40. The summed E-state index contributed by atoms with van der Waals surface area (Å²) in [6.45, 7) is 5.90. The Bertz CT molecular complexity index is 1020. The number of carboxylic acids is 1. The molecular weight excluding hydrogens is 424 g/mol. The molecule has 1 unspecified atom stereocenters. The van der Waals surface area contributed by atoms with Crippen molar-refractivity contribution in [2.24, 2.45) is 0 Å². The topological polar surface area (TPSA) is 101 Å². The Kier molecular flexibility index (Phi) is 6.52. The number of methoxy groups -OCH3 is 1. The van der Waals surface area contributed by atoms with Crippen molar-refractivity contribution in [2.45, 2.75) is 38.8 Å². The minimum atomic E-state index is -1.25. The summed E-state index contributed by atoms with van der Waals surface area (Å²) in [5.41, 5.74) is -0.352. The summed E-state index contributed by atoms with van der Waals surface area (Å²) in [4.78, 5) is 29.9. The van der Waals surface area contributed by atoms with Gasteiger partial charge in [-0.2, -0.15) is 0 Å². The quantitative estimate of drug-likeness (QED) is 0.715. The molecule has 172 valence electrons. The van der Waals surface area contributed by atoms with Crippen LogP contribution >= 0.6 is 0 Å². The van der Waals surface area contributed by atoms with Gasteiger partial charge < -0.3 is 24.8 Å². The van der Waals surface area contributed by atoms with E-state index in [0.29, 0.717) is 13.0 Å². The molecule has 1 aromatic heterocycles. The van der Waals surface area contributed by atoms with Gasteiger partial charge in [-0.05, 0) is 44.9 Å². The first-order chi connectivity index (χ1) is 15.0. The van der Waals surface area contributed by atoms with E-state index in [4.69, 9.17) is 9.47 Å². The number of aromatic nitrogens is 1. The summed E-state index contributed by atoms with van der Waals surface area (Å²) in [5, 5.41) is 12.5. The Morgan fingerprint density at radius 1 is 1.22 bits per heavy atom. The minimum Gasteiger partial charge on any atom is -0.480 e. The molecule has 1 fully saturated rings. The molecule has 0 saturated carbocycles. The predicted molar refractivity (Wildman–Crippen MR) is 113 cm³/mol. The number of pyridine rings is 1. The number of nitrogens with one attached hydrogen (secondary N) is 1. The number of ether oxygens (including phenoxy) is 2. The number of nitrogens with zero attached hydrogens (tertiary/aromatic N) is 2. The average molecular weight is 449 g/mol. The number of anilines is 1. The van der Waals surface area contributed by atoms with Gasteiger partial charge in [0.2, 0.25) is 5.88 Å². The summed E-state index contributed by atoms with van der Waals surface area (Å²) in [6, 6.07) is 2.58. The largest absolute Gasteiger partial charge is 0.480 e. The third-order valence-electron chi connectivity index (χ3n) is 4.82. The first-order valence-electron chi connectivity index (χ1n) is 9.99. The highest BCUT2D eigenvalue weighted by atomic mass is 19.1. The number of halogens is 2. The third kappa shape index (κ3) is 5.24. The van der Waals surface area contributed by atoms with Crippen LogP contribution in [0, 0.1) is 11.6 Å². The van der Waals surface area contributed by atoms with Crippen molar-refractivity contribution in [1.82, 2.24) is 10.3 Å². The van der Waals surface area contributed by atoms with Gasteiger partial charge in [-0.25, -0.2) is 23.4 Å². The first-order valence-corrected chi connectivity index (χ1v) is 9.99. The number of benzene rings is 1. The molecular formula is C22H25F2N3O5. The van der Waals surface area contributed by atoms with Gasteiger partial charge in [-0.3, -0.25) is 0 Å². The third-order valence-corrected chi connectivity index (χ3v) is 4.82. The molecule has 0 aliphatic carbocycles. The zero-order chi connectivity index (χ0) is 23.6. The highest BCUT2D eigenvalue weighted by molar-refractivity contribution is 6.00. The lowest BCUT2D eigenvalue weighted by atomic mass is 10.0. The zero-order valence-electron chi connectivity index (χ0n) is 18.2. The average Bonchev–Trinajstić information content (AvgIpc) is 3.12. The second-order valence-electron chi connectivity index (χ2n) is 8.45. The maximum Gasteiger partial charge on any atom is 0.407 e. The smallest absolute Gasteiger partial charge is 0.407 e. The van der Waals surface area contributed by atoms with E-state index < -0.39 is 29.3 Å². The van der Waals surface area contributed by atoms with Crippen LogP contribution in [-0.2, 0) is 4.74 Å². The van der Waals surface area contributed by atoms with Crippen LogP contribution in [0.15, 0.2) is 24.4 Å². The number of amides is 1. The van der Waals surface area contributed by atoms with E-state index in [1.165, 1.54) is 7.11 Å². The highest BCUT2D eigenvalue weighted by Crippen LogP contribution is 2.41. The summed E-state index contributed by atoms with van der Waals surface area (Å²) >= 11 is 0. The Balaban J connectivity index is 2.02. The van der Waals surface area contributed by atoms with E-state index in [1.54, 1.807) is 25.7 Å². The van der Waals surface area contributed by atoms with E-state index in [9.17, 15) is 23.5 Å². The van der Waals surface area contributed by atoms with Gasteiger partial charge >= 0.3 is 12.1 Å². The molecule has 0 spiro atoms. The molecule has 1 saturated heterocycles. The highest BCUT2D eigenvalue weighted by Gasteiger charge is 2.32. The Morgan fingerprint density at radius 2 is 1.88 bits per heavy atom. The molecule has 1 aliphatic rings. The number of rotatable bonds is 5. The molecule has 1 aliphatic heterocycles. The van der Waals surface area contributed by atoms with E-state index in [1.807, 2.05) is 0 Å². The van der Waals surface area contributed by atoms with E-state index in [0.717, 1.165) is 24.4 Å². The Morgan fingerprint density at radius 3 is 2.44 bits per heavy atom. The van der Waals surface area contributed by atoms with Crippen LogP contribution in [0.1, 0.15) is 37.6 Å². The molecule has 2 heterocycles. The van der Waals surface area contributed by atoms with Gasteiger partial charge in [0, 0.05) is 25.4 Å². The van der Waals surface area contributed by atoms with Crippen molar-refractivity contribution in [3.63, 3.8) is 0 Å². The zero-order valence-corrected chi connectivity index (χ0v) is 18.2. The van der Waals surface area contributed by atoms with Crippen molar-refractivity contribution in [2.75, 3.05) is 25.1 Å². The van der Waals surface area contributed by atoms with E-state index in [2.05, 4.69) is 10.3 Å². The monoisotopic (exact) mass is 449 g/mol. The number of carbonyl (C=O) groups excluding carboxylic acids is 1. The number of alkyl carbamates (subject to hydrolysis) is 1. The van der Waals surface area contributed by atoms with Gasteiger partial charge in [0.25, 0.3) is 0 Å². The minimum absolute atomic E-state index is 0.0264. The fourth-order valence-corrected chi connectivity index (χ4v) is 3.64. The van der Waals surface area contributed by atoms with Crippen molar-refractivity contribution < 1.29 is 33.0 Å². The van der Waals surface area contributed by atoms with Gasteiger partial charge in [0.05, 0.1) is 24.4 Å². The molecule has 32 heavy (non-hydrogen) atoms. The molecule has 2 aromatic rings.